The van der Waals surface area contributed by atoms with Crippen LogP contribution in [-0.4, -0.2) is 21.2 Å². The van der Waals surface area contributed by atoms with Gasteiger partial charge in [-0.3, -0.25) is 4.98 Å². The molecule has 2 aromatic rings. The average molecular weight is 204 g/mol. The molecule has 1 N–H and O–H groups in total. The van der Waals surface area contributed by atoms with Crippen LogP contribution in [0.15, 0.2) is 35.1 Å². The van der Waals surface area contributed by atoms with Gasteiger partial charge in [-0.25, -0.2) is 4.98 Å². The van der Waals surface area contributed by atoms with Crippen LogP contribution >= 0.6 is 0 Å². The number of aromatic nitrogens is 2. The van der Waals surface area contributed by atoms with E-state index in [1.165, 1.54) is 0 Å². The Labute approximate surface area is 87.6 Å². The van der Waals surface area contributed by atoms with E-state index in [0.29, 0.717) is 18.0 Å². The molecule has 4 nitrogen and oxygen atoms in total. The van der Waals surface area contributed by atoms with Crippen molar-refractivity contribution in [2.75, 3.05) is 0 Å². The summed E-state index contributed by atoms with van der Waals surface area (Å²) in [6.45, 7) is 1.72. The summed E-state index contributed by atoms with van der Waals surface area (Å²) in [6.07, 6.45) is 3.33. The Hall–Kier alpha value is -1.68. The molecule has 2 rings (SSSR count). The Morgan fingerprint density at radius 3 is 3.00 bits per heavy atom. The topological polar surface area (TPSA) is 59.2 Å². The molecule has 0 amide bonds. The van der Waals surface area contributed by atoms with Crippen LogP contribution in [0.1, 0.15) is 12.6 Å². The Bertz CT molecular complexity index is 423. The lowest BCUT2D eigenvalue weighted by atomic mass is 10.2. The van der Waals surface area contributed by atoms with Gasteiger partial charge in [-0.05, 0) is 19.1 Å². The van der Waals surface area contributed by atoms with Crippen LogP contribution < -0.4 is 0 Å². The number of hydrogen-bond acceptors (Lipinski definition) is 4. The summed E-state index contributed by atoms with van der Waals surface area (Å²) in [5, 5.41) is 9.19. The van der Waals surface area contributed by atoms with Crippen LogP contribution in [0, 0.1) is 0 Å². The van der Waals surface area contributed by atoms with Gasteiger partial charge < -0.3 is 9.52 Å². The number of aliphatic hydroxyl groups excluding tert-OH is 1. The summed E-state index contributed by atoms with van der Waals surface area (Å²) in [5.41, 5.74) is 1.44. The summed E-state index contributed by atoms with van der Waals surface area (Å²) < 4.78 is 5.27. The first-order valence-corrected chi connectivity index (χ1v) is 4.79. The highest BCUT2D eigenvalue weighted by Gasteiger charge is 2.08. The first-order valence-electron chi connectivity index (χ1n) is 4.79. The lowest BCUT2D eigenvalue weighted by Gasteiger charge is -1.97. The summed E-state index contributed by atoms with van der Waals surface area (Å²) in [6, 6.07) is 5.54. The van der Waals surface area contributed by atoms with Crippen molar-refractivity contribution in [3.63, 3.8) is 0 Å². The van der Waals surface area contributed by atoms with Gasteiger partial charge in [0.15, 0.2) is 0 Å². The standard InChI is InChI=1S/C11H12N2O2/c1-8(14)6-9-7-15-11(13-9)10-4-2-3-5-12-10/h2-5,7-8,14H,6H2,1H3. The van der Waals surface area contributed by atoms with Gasteiger partial charge in [0.25, 0.3) is 0 Å². The first kappa shape index (κ1) is 9.86. The van der Waals surface area contributed by atoms with E-state index >= 15 is 0 Å². The zero-order valence-electron chi connectivity index (χ0n) is 8.42. The third-order valence-electron chi connectivity index (χ3n) is 1.94. The number of pyridine rings is 1. The van der Waals surface area contributed by atoms with Crippen molar-refractivity contribution in [2.24, 2.45) is 0 Å². The fourth-order valence-electron chi connectivity index (χ4n) is 1.31. The Kier molecular flexibility index (Phi) is 2.78. The largest absolute Gasteiger partial charge is 0.443 e. The maximum atomic E-state index is 9.19. The van der Waals surface area contributed by atoms with E-state index in [9.17, 15) is 5.11 Å². The molecule has 2 heterocycles. The highest BCUT2D eigenvalue weighted by Crippen LogP contribution is 2.15. The van der Waals surface area contributed by atoms with Crippen molar-refractivity contribution in [1.29, 1.82) is 0 Å². The third-order valence-corrected chi connectivity index (χ3v) is 1.94. The van der Waals surface area contributed by atoms with Crippen LogP contribution in [0.25, 0.3) is 11.6 Å². The van der Waals surface area contributed by atoms with Gasteiger partial charge in [0.2, 0.25) is 5.89 Å². The molecule has 0 radical (unpaired) electrons. The minimum absolute atomic E-state index is 0.410. The third kappa shape index (κ3) is 2.41. The molecule has 0 saturated heterocycles. The molecule has 0 aromatic carbocycles. The van der Waals surface area contributed by atoms with Crippen LogP contribution in [0.4, 0.5) is 0 Å². The summed E-state index contributed by atoms with van der Waals surface area (Å²) in [5.74, 6) is 0.492. The molecule has 4 heteroatoms. The minimum atomic E-state index is -0.410. The second-order valence-electron chi connectivity index (χ2n) is 3.41. The molecule has 15 heavy (non-hydrogen) atoms. The molecule has 2 aromatic heterocycles. The molecule has 0 bridgehead atoms. The van der Waals surface area contributed by atoms with Gasteiger partial charge in [-0.1, -0.05) is 6.07 Å². The highest BCUT2D eigenvalue weighted by atomic mass is 16.3. The van der Waals surface area contributed by atoms with Crippen molar-refractivity contribution >= 4 is 0 Å². The van der Waals surface area contributed by atoms with Crippen LogP contribution in [-0.2, 0) is 6.42 Å². The lowest BCUT2D eigenvalue weighted by Crippen LogP contribution is -2.04. The molecule has 0 aliphatic carbocycles. The van der Waals surface area contributed by atoms with Crippen molar-refractivity contribution in [3.05, 3.63) is 36.4 Å². The van der Waals surface area contributed by atoms with Crippen molar-refractivity contribution < 1.29 is 9.52 Å². The maximum absolute atomic E-state index is 9.19. The smallest absolute Gasteiger partial charge is 0.245 e. The molecule has 0 spiro atoms. The molecule has 0 aliphatic rings. The molecule has 0 fully saturated rings. The quantitative estimate of drug-likeness (QED) is 0.826. The zero-order chi connectivity index (χ0) is 10.7. The highest BCUT2D eigenvalue weighted by molar-refractivity contribution is 5.46. The predicted octanol–water partition coefficient (Wildman–Crippen LogP) is 1.66. The van der Waals surface area contributed by atoms with Gasteiger partial charge in [0.05, 0.1) is 11.8 Å². The zero-order valence-corrected chi connectivity index (χ0v) is 8.42. The van der Waals surface area contributed by atoms with E-state index in [-0.39, 0.29) is 0 Å². The second-order valence-corrected chi connectivity index (χ2v) is 3.41. The Balaban J connectivity index is 2.21. The predicted molar refractivity (Wildman–Crippen MR) is 55.1 cm³/mol. The number of rotatable bonds is 3. The Morgan fingerprint density at radius 2 is 2.33 bits per heavy atom. The molecular weight excluding hydrogens is 192 g/mol. The van der Waals surface area contributed by atoms with E-state index in [2.05, 4.69) is 9.97 Å². The van der Waals surface area contributed by atoms with Crippen molar-refractivity contribution in [2.45, 2.75) is 19.4 Å². The molecular formula is C11H12N2O2. The number of hydrogen-bond donors (Lipinski definition) is 1. The van der Waals surface area contributed by atoms with E-state index in [1.807, 2.05) is 18.2 Å². The van der Waals surface area contributed by atoms with Gasteiger partial charge >= 0.3 is 0 Å². The second kappa shape index (κ2) is 4.23. The summed E-state index contributed by atoms with van der Waals surface area (Å²) >= 11 is 0. The van der Waals surface area contributed by atoms with E-state index in [4.69, 9.17) is 4.42 Å². The van der Waals surface area contributed by atoms with E-state index in [1.54, 1.807) is 19.4 Å². The summed E-state index contributed by atoms with van der Waals surface area (Å²) in [7, 11) is 0. The molecule has 1 unspecified atom stereocenters. The van der Waals surface area contributed by atoms with Gasteiger partial charge in [-0.15, -0.1) is 0 Å². The number of aliphatic hydroxyl groups is 1. The van der Waals surface area contributed by atoms with E-state index < -0.39 is 6.10 Å². The molecule has 0 aliphatic heterocycles. The summed E-state index contributed by atoms with van der Waals surface area (Å²) in [4.78, 5) is 8.35. The Morgan fingerprint density at radius 1 is 1.47 bits per heavy atom. The van der Waals surface area contributed by atoms with Gasteiger partial charge in [-0.2, -0.15) is 0 Å². The minimum Gasteiger partial charge on any atom is -0.443 e. The SMILES string of the molecule is CC(O)Cc1coc(-c2ccccn2)n1. The van der Waals surface area contributed by atoms with Crippen LogP contribution in [0.5, 0.6) is 0 Å². The van der Waals surface area contributed by atoms with Gasteiger partial charge in [0.1, 0.15) is 12.0 Å². The normalized spacial score (nSPS) is 12.7. The lowest BCUT2D eigenvalue weighted by molar-refractivity contribution is 0.194. The van der Waals surface area contributed by atoms with Crippen LogP contribution in [0.3, 0.4) is 0 Å². The van der Waals surface area contributed by atoms with E-state index in [0.717, 1.165) is 5.69 Å². The maximum Gasteiger partial charge on any atom is 0.245 e. The fraction of sp³-hybridized carbons (Fsp3) is 0.273. The molecule has 78 valence electrons. The number of nitrogens with zero attached hydrogens (tertiary/aromatic N) is 2. The van der Waals surface area contributed by atoms with Crippen molar-refractivity contribution in [1.82, 2.24) is 9.97 Å². The molecule has 0 saturated carbocycles. The fourth-order valence-corrected chi connectivity index (χ4v) is 1.31. The average Bonchev–Trinajstić information content (AvgIpc) is 2.67. The number of oxazole rings is 1. The van der Waals surface area contributed by atoms with Gasteiger partial charge in [0, 0.05) is 12.6 Å². The van der Waals surface area contributed by atoms with Crippen LogP contribution in [0.2, 0.25) is 0 Å². The monoisotopic (exact) mass is 204 g/mol. The first-order chi connectivity index (χ1) is 7.25. The van der Waals surface area contributed by atoms with Crippen molar-refractivity contribution in [3.8, 4) is 11.6 Å². The molecule has 1 atom stereocenters.